The molecule has 0 unspecified atom stereocenters. The molecule has 0 atom stereocenters. The minimum Gasteiger partial charge on any atom is -0.481 e. The molecule has 1 amide bonds. The van der Waals surface area contributed by atoms with E-state index < -0.39 is 17.7 Å². The van der Waals surface area contributed by atoms with Crippen molar-refractivity contribution >= 4 is 11.9 Å². The molecule has 0 radical (unpaired) electrons. The standard InChI is InChI=1S/C6H13N3O3/c1-6(7,8)9-4(10)2-3-5(11)12/h2-3,7-8H2,1H3,(H,9,10)(H,11,12). The van der Waals surface area contributed by atoms with Gasteiger partial charge in [0.15, 0.2) is 0 Å². The number of carbonyl (C=O) groups is 2. The lowest BCUT2D eigenvalue weighted by Crippen LogP contribution is -2.60. The highest BCUT2D eigenvalue weighted by Gasteiger charge is 2.14. The van der Waals surface area contributed by atoms with Crippen LogP contribution < -0.4 is 16.8 Å². The molecule has 70 valence electrons. The summed E-state index contributed by atoms with van der Waals surface area (Å²) in [5.74, 6) is -2.78. The number of hydrogen-bond acceptors (Lipinski definition) is 4. The van der Waals surface area contributed by atoms with Crippen molar-refractivity contribution < 1.29 is 14.7 Å². The van der Waals surface area contributed by atoms with Crippen LogP contribution in [0.3, 0.4) is 0 Å². The third kappa shape index (κ3) is 6.97. The van der Waals surface area contributed by atoms with Gasteiger partial charge in [-0.2, -0.15) is 0 Å². The Labute approximate surface area is 69.9 Å². The highest BCUT2D eigenvalue weighted by atomic mass is 16.4. The van der Waals surface area contributed by atoms with Crippen molar-refractivity contribution in [1.82, 2.24) is 5.32 Å². The molecule has 0 spiro atoms. The van der Waals surface area contributed by atoms with E-state index in [0.717, 1.165) is 0 Å². The van der Waals surface area contributed by atoms with Crippen LogP contribution in [0.2, 0.25) is 0 Å². The lowest BCUT2D eigenvalue weighted by atomic mass is 10.3. The molecule has 0 heterocycles. The van der Waals surface area contributed by atoms with Crippen molar-refractivity contribution in [3.63, 3.8) is 0 Å². The van der Waals surface area contributed by atoms with E-state index in [9.17, 15) is 9.59 Å². The first-order valence-electron chi connectivity index (χ1n) is 3.42. The SMILES string of the molecule is CC(N)(N)NC(=O)CCC(=O)O. The minimum atomic E-state index is -1.28. The van der Waals surface area contributed by atoms with E-state index >= 15 is 0 Å². The van der Waals surface area contributed by atoms with Crippen molar-refractivity contribution in [3.05, 3.63) is 0 Å². The van der Waals surface area contributed by atoms with Crippen LogP contribution in [0.25, 0.3) is 0 Å². The van der Waals surface area contributed by atoms with Crippen LogP contribution >= 0.6 is 0 Å². The van der Waals surface area contributed by atoms with E-state index in [2.05, 4.69) is 5.32 Å². The quantitative estimate of drug-likeness (QED) is 0.390. The molecule has 0 aromatic carbocycles. The zero-order chi connectivity index (χ0) is 9.78. The van der Waals surface area contributed by atoms with E-state index in [1.807, 2.05) is 0 Å². The van der Waals surface area contributed by atoms with Crippen molar-refractivity contribution in [2.45, 2.75) is 25.6 Å². The lowest BCUT2D eigenvalue weighted by molar-refractivity contribution is -0.139. The van der Waals surface area contributed by atoms with Crippen LogP contribution in [0.1, 0.15) is 19.8 Å². The van der Waals surface area contributed by atoms with Gasteiger partial charge in [0, 0.05) is 6.42 Å². The summed E-state index contributed by atoms with van der Waals surface area (Å²) in [6, 6.07) is 0. The fraction of sp³-hybridized carbons (Fsp3) is 0.667. The maximum absolute atomic E-state index is 10.8. The molecule has 0 fully saturated rings. The van der Waals surface area contributed by atoms with Gasteiger partial charge in [0.1, 0.15) is 5.79 Å². The Morgan fingerprint density at radius 1 is 1.42 bits per heavy atom. The number of rotatable bonds is 4. The van der Waals surface area contributed by atoms with Gasteiger partial charge < -0.3 is 10.4 Å². The van der Waals surface area contributed by atoms with Gasteiger partial charge in [0.05, 0.1) is 6.42 Å². The molecule has 0 saturated carbocycles. The van der Waals surface area contributed by atoms with E-state index in [1.54, 1.807) is 0 Å². The minimum absolute atomic E-state index is 0.112. The highest BCUT2D eigenvalue weighted by molar-refractivity contribution is 5.80. The third-order valence-corrected chi connectivity index (χ3v) is 0.975. The second-order valence-corrected chi connectivity index (χ2v) is 2.72. The maximum Gasteiger partial charge on any atom is 0.303 e. The van der Waals surface area contributed by atoms with E-state index in [0.29, 0.717) is 0 Å². The average molecular weight is 175 g/mol. The van der Waals surface area contributed by atoms with Crippen LogP contribution in [0.15, 0.2) is 0 Å². The maximum atomic E-state index is 10.8. The summed E-state index contributed by atoms with van der Waals surface area (Å²) in [6.07, 6.45) is -0.332. The number of carboxylic acids is 1. The second kappa shape index (κ2) is 4.03. The van der Waals surface area contributed by atoms with E-state index in [1.165, 1.54) is 6.92 Å². The van der Waals surface area contributed by atoms with Crippen molar-refractivity contribution in [2.75, 3.05) is 0 Å². The van der Waals surface area contributed by atoms with Gasteiger partial charge in [0.25, 0.3) is 0 Å². The Bertz CT molecular complexity index is 185. The highest BCUT2D eigenvalue weighted by Crippen LogP contribution is 1.90. The Morgan fingerprint density at radius 2 is 1.92 bits per heavy atom. The molecular formula is C6H13N3O3. The topological polar surface area (TPSA) is 118 Å². The molecule has 0 aromatic heterocycles. The van der Waals surface area contributed by atoms with Crippen molar-refractivity contribution in [2.24, 2.45) is 11.5 Å². The van der Waals surface area contributed by atoms with Gasteiger partial charge >= 0.3 is 5.97 Å². The summed E-state index contributed by atoms with van der Waals surface area (Å²) in [6.45, 7) is 1.41. The average Bonchev–Trinajstić information content (AvgIpc) is 1.79. The van der Waals surface area contributed by atoms with Gasteiger partial charge in [-0.3, -0.25) is 21.1 Å². The fourth-order valence-electron chi connectivity index (χ4n) is 0.583. The third-order valence-electron chi connectivity index (χ3n) is 0.975. The number of hydrogen-bond donors (Lipinski definition) is 4. The first-order chi connectivity index (χ1) is 5.31. The number of carboxylic acid groups (broad SMARTS) is 1. The molecule has 0 aliphatic carbocycles. The smallest absolute Gasteiger partial charge is 0.303 e. The first kappa shape index (κ1) is 10.9. The summed E-state index contributed by atoms with van der Waals surface area (Å²) in [5, 5.41) is 10.4. The molecule has 6 N–H and O–H groups in total. The van der Waals surface area contributed by atoms with E-state index in [-0.39, 0.29) is 12.8 Å². The number of aliphatic carboxylic acids is 1. The van der Waals surface area contributed by atoms with Gasteiger partial charge in [-0.05, 0) is 6.92 Å². The predicted octanol–water partition coefficient (Wildman–Crippen LogP) is -1.44. The Kier molecular flexibility index (Phi) is 3.65. The fourth-order valence-corrected chi connectivity index (χ4v) is 0.583. The Balaban J connectivity index is 3.68. The Hall–Kier alpha value is -1.14. The normalized spacial score (nSPS) is 10.9. The van der Waals surface area contributed by atoms with E-state index in [4.69, 9.17) is 16.6 Å². The molecule has 6 heteroatoms. The molecule has 6 nitrogen and oxygen atoms in total. The lowest BCUT2D eigenvalue weighted by Gasteiger charge is -2.19. The first-order valence-corrected chi connectivity index (χ1v) is 3.42. The number of nitrogens with two attached hydrogens (primary N) is 2. The predicted molar refractivity (Wildman–Crippen MR) is 41.8 cm³/mol. The summed E-state index contributed by atoms with van der Waals surface area (Å²) in [4.78, 5) is 20.9. The summed E-state index contributed by atoms with van der Waals surface area (Å²) in [7, 11) is 0. The largest absolute Gasteiger partial charge is 0.481 e. The van der Waals surface area contributed by atoms with Crippen LogP contribution in [0, 0.1) is 0 Å². The second-order valence-electron chi connectivity index (χ2n) is 2.72. The summed E-state index contributed by atoms with van der Waals surface area (Å²) < 4.78 is 0. The van der Waals surface area contributed by atoms with Gasteiger partial charge in [-0.15, -0.1) is 0 Å². The number of nitrogens with one attached hydrogen (secondary N) is 1. The zero-order valence-corrected chi connectivity index (χ0v) is 6.83. The van der Waals surface area contributed by atoms with Crippen LogP contribution in [-0.4, -0.2) is 22.8 Å². The summed E-state index contributed by atoms with van der Waals surface area (Å²) in [5.41, 5.74) is 10.5. The van der Waals surface area contributed by atoms with Gasteiger partial charge in [-0.1, -0.05) is 0 Å². The van der Waals surface area contributed by atoms with Gasteiger partial charge in [-0.25, -0.2) is 0 Å². The van der Waals surface area contributed by atoms with Crippen LogP contribution in [0.4, 0.5) is 0 Å². The van der Waals surface area contributed by atoms with Crippen molar-refractivity contribution in [1.29, 1.82) is 0 Å². The number of carbonyl (C=O) groups excluding carboxylic acids is 1. The molecular weight excluding hydrogens is 162 g/mol. The molecule has 0 rings (SSSR count). The summed E-state index contributed by atoms with van der Waals surface area (Å²) >= 11 is 0. The van der Waals surface area contributed by atoms with Crippen LogP contribution in [0.5, 0.6) is 0 Å². The van der Waals surface area contributed by atoms with Gasteiger partial charge in [0.2, 0.25) is 5.91 Å². The monoisotopic (exact) mass is 175 g/mol. The molecule has 0 saturated heterocycles. The molecule has 12 heavy (non-hydrogen) atoms. The Morgan fingerprint density at radius 3 is 2.25 bits per heavy atom. The van der Waals surface area contributed by atoms with Crippen LogP contribution in [-0.2, 0) is 9.59 Å². The molecule has 0 aromatic rings. The molecule has 0 bridgehead atoms. The van der Waals surface area contributed by atoms with Crippen molar-refractivity contribution in [3.8, 4) is 0 Å². The number of amides is 1. The zero-order valence-electron chi connectivity index (χ0n) is 6.83. The molecule has 0 aliphatic heterocycles. The molecule has 0 aliphatic rings.